The summed E-state index contributed by atoms with van der Waals surface area (Å²) in [6.45, 7) is 0. The highest BCUT2D eigenvalue weighted by Gasteiger charge is 2.51. The fourth-order valence-corrected chi connectivity index (χ4v) is 9.27. The lowest BCUT2D eigenvalue weighted by Crippen LogP contribution is -2.48. The Morgan fingerprint density at radius 2 is 1.73 bits per heavy atom. The monoisotopic (exact) mass is 542 g/mol. The molecule has 3 aromatic rings. The van der Waals surface area contributed by atoms with Crippen molar-refractivity contribution >= 4 is 33.0 Å². The van der Waals surface area contributed by atoms with Gasteiger partial charge >= 0.3 is 5.97 Å². The van der Waals surface area contributed by atoms with Crippen molar-refractivity contribution in [3.8, 4) is 16.3 Å². The summed E-state index contributed by atoms with van der Waals surface area (Å²) in [5.74, 6) is -0.0986. The van der Waals surface area contributed by atoms with Crippen molar-refractivity contribution in [3.63, 3.8) is 0 Å². The van der Waals surface area contributed by atoms with E-state index in [4.69, 9.17) is 9.84 Å². The third-order valence-corrected chi connectivity index (χ3v) is 10.6. The van der Waals surface area contributed by atoms with Crippen LogP contribution in [-0.2, 0) is 15.4 Å². The van der Waals surface area contributed by atoms with Gasteiger partial charge in [0.15, 0.2) is 5.03 Å². The first-order valence-corrected chi connectivity index (χ1v) is 14.7. The van der Waals surface area contributed by atoms with Gasteiger partial charge in [0, 0.05) is 17.0 Å². The van der Waals surface area contributed by atoms with E-state index < -0.39 is 27.4 Å². The van der Waals surface area contributed by atoms with E-state index >= 15 is 0 Å². The maximum absolute atomic E-state index is 14.2. The first-order valence-electron chi connectivity index (χ1n) is 12.4. The van der Waals surface area contributed by atoms with Crippen LogP contribution in [-0.4, -0.2) is 31.6 Å². The van der Waals surface area contributed by atoms with E-state index in [-0.39, 0.29) is 16.5 Å². The van der Waals surface area contributed by atoms with Gasteiger partial charge in [-0.3, -0.25) is 4.72 Å². The highest BCUT2D eigenvalue weighted by molar-refractivity contribution is 7.92. The van der Waals surface area contributed by atoms with E-state index in [0.717, 1.165) is 35.4 Å². The largest absolute Gasteiger partial charge is 0.495 e. The zero-order valence-electron chi connectivity index (χ0n) is 20.2. The van der Waals surface area contributed by atoms with Crippen molar-refractivity contribution in [2.24, 2.45) is 17.8 Å². The van der Waals surface area contributed by atoms with Crippen molar-refractivity contribution < 1.29 is 27.4 Å². The molecular weight excluding hydrogens is 515 g/mol. The number of sulfonamides is 1. The molecule has 4 aliphatic carbocycles. The lowest BCUT2D eigenvalue weighted by atomic mass is 9.48. The van der Waals surface area contributed by atoms with Gasteiger partial charge in [0.1, 0.15) is 16.6 Å². The number of hydrogen-bond acceptors (Lipinski definition) is 6. The Hall–Kier alpha value is -2.98. The summed E-state index contributed by atoms with van der Waals surface area (Å²) in [4.78, 5) is 15.5. The molecule has 0 unspecified atom stereocenters. The zero-order chi connectivity index (χ0) is 25.9. The number of aromatic nitrogens is 1. The fourth-order valence-electron chi connectivity index (χ4n) is 7.11. The van der Waals surface area contributed by atoms with Crippen LogP contribution in [0.5, 0.6) is 5.75 Å². The van der Waals surface area contributed by atoms with Gasteiger partial charge in [-0.15, -0.1) is 11.3 Å². The Labute approximate surface area is 218 Å². The Bertz CT molecular complexity index is 1450. The van der Waals surface area contributed by atoms with E-state index in [9.17, 15) is 17.6 Å². The SMILES string of the molecule is COc1cc(C(=O)O)c(F)cc1NS(=O)(=O)c1csc(-c2ccc(C34CC5CC(CC(C5)C3)C4)cc2)n1. The maximum Gasteiger partial charge on any atom is 0.338 e. The van der Waals surface area contributed by atoms with Crippen molar-refractivity contribution in [3.05, 3.63) is 58.7 Å². The number of aromatic carboxylic acids is 1. The molecule has 10 heteroatoms. The second-order valence-corrected chi connectivity index (χ2v) is 13.2. The van der Waals surface area contributed by atoms with E-state index in [1.165, 1.54) is 67.9 Å². The summed E-state index contributed by atoms with van der Waals surface area (Å²) in [6.07, 6.45) is 8.02. The second kappa shape index (κ2) is 8.80. The highest BCUT2D eigenvalue weighted by atomic mass is 32.2. The Morgan fingerprint density at radius 1 is 1.11 bits per heavy atom. The van der Waals surface area contributed by atoms with E-state index in [2.05, 4.69) is 21.8 Å². The first kappa shape index (κ1) is 24.4. The number of halogens is 1. The van der Waals surface area contributed by atoms with E-state index in [1.807, 2.05) is 12.1 Å². The fraction of sp³-hybridized carbons (Fsp3) is 0.407. The molecule has 4 saturated carbocycles. The van der Waals surface area contributed by atoms with Gasteiger partial charge in [0.25, 0.3) is 10.0 Å². The van der Waals surface area contributed by atoms with Crippen molar-refractivity contribution in [2.75, 3.05) is 11.8 Å². The molecule has 0 aliphatic heterocycles. The molecule has 4 aliphatic rings. The molecule has 4 bridgehead atoms. The number of hydrogen-bond donors (Lipinski definition) is 2. The Balaban J connectivity index is 1.23. The molecule has 2 aromatic carbocycles. The van der Waals surface area contributed by atoms with Gasteiger partial charge in [-0.05, 0) is 73.3 Å². The van der Waals surface area contributed by atoms with Crippen LogP contribution < -0.4 is 9.46 Å². The summed E-state index contributed by atoms with van der Waals surface area (Å²) in [6, 6.07) is 10.2. The van der Waals surface area contributed by atoms with Crippen LogP contribution in [0.15, 0.2) is 46.8 Å². The predicted octanol–water partition coefficient (Wildman–Crippen LogP) is 5.92. The standard InChI is InChI=1S/C27H27FN2O5S2/c1-35-23-9-20(26(31)32)21(28)10-22(23)30-37(33,34)24-14-36-25(29-24)18-2-4-19(5-3-18)27-11-15-6-16(12-27)8-17(7-15)13-27/h2-5,9-10,14-17,30H,6-8,11-13H2,1H3,(H,31,32). The van der Waals surface area contributed by atoms with Gasteiger partial charge in [-0.25, -0.2) is 14.2 Å². The molecule has 37 heavy (non-hydrogen) atoms. The van der Waals surface area contributed by atoms with Crippen LogP contribution >= 0.6 is 11.3 Å². The number of rotatable bonds is 7. The molecule has 4 fully saturated rings. The van der Waals surface area contributed by atoms with Crippen molar-refractivity contribution in [2.45, 2.75) is 49.0 Å². The summed E-state index contributed by atoms with van der Waals surface area (Å²) in [7, 11) is -2.93. The molecule has 7 rings (SSSR count). The number of carboxylic acids is 1. The van der Waals surface area contributed by atoms with Gasteiger partial charge < -0.3 is 9.84 Å². The van der Waals surface area contributed by atoms with Gasteiger partial charge in [0.2, 0.25) is 0 Å². The third kappa shape index (κ3) is 4.29. The molecule has 0 radical (unpaired) electrons. The number of benzene rings is 2. The summed E-state index contributed by atoms with van der Waals surface area (Å²) < 4.78 is 47.5. The maximum atomic E-state index is 14.2. The van der Waals surface area contributed by atoms with Crippen LogP contribution in [0, 0.1) is 23.6 Å². The van der Waals surface area contributed by atoms with Crippen molar-refractivity contribution in [1.82, 2.24) is 4.98 Å². The lowest BCUT2D eigenvalue weighted by Gasteiger charge is -2.57. The number of carboxylic acid groups (broad SMARTS) is 1. The molecule has 0 amide bonds. The first-order chi connectivity index (χ1) is 17.7. The average Bonchev–Trinajstić information content (AvgIpc) is 3.35. The summed E-state index contributed by atoms with van der Waals surface area (Å²) >= 11 is 1.21. The van der Waals surface area contributed by atoms with Gasteiger partial charge in [-0.1, -0.05) is 24.3 Å². The lowest BCUT2D eigenvalue weighted by molar-refractivity contribution is -0.00518. The summed E-state index contributed by atoms with van der Waals surface area (Å²) in [5.41, 5.74) is 1.70. The minimum absolute atomic E-state index is 0.113. The van der Waals surface area contributed by atoms with Gasteiger partial charge in [0.05, 0.1) is 18.4 Å². The quantitative estimate of drug-likeness (QED) is 0.384. The summed E-state index contributed by atoms with van der Waals surface area (Å²) in [5, 5.41) is 10.9. The topological polar surface area (TPSA) is 106 Å². The predicted molar refractivity (Wildman–Crippen MR) is 138 cm³/mol. The van der Waals surface area contributed by atoms with Crippen molar-refractivity contribution in [1.29, 1.82) is 0 Å². The molecule has 0 spiro atoms. The van der Waals surface area contributed by atoms with Crippen LogP contribution in [0.2, 0.25) is 0 Å². The van der Waals surface area contributed by atoms with Crippen LogP contribution in [0.3, 0.4) is 0 Å². The number of anilines is 1. The van der Waals surface area contributed by atoms with E-state index in [1.54, 1.807) is 0 Å². The molecule has 2 N–H and O–H groups in total. The number of ether oxygens (including phenoxy) is 1. The molecule has 0 saturated heterocycles. The Kier molecular flexibility index (Phi) is 5.80. The number of carbonyl (C=O) groups is 1. The molecule has 194 valence electrons. The van der Waals surface area contributed by atoms with E-state index in [0.29, 0.717) is 10.4 Å². The van der Waals surface area contributed by atoms with Crippen LogP contribution in [0.4, 0.5) is 10.1 Å². The molecule has 1 heterocycles. The molecule has 1 aromatic heterocycles. The number of thiazole rings is 1. The van der Waals surface area contributed by atoms with Crippen LogP contribution in [0.1, 0.15) is 54.4 Å². The molecular formula is C27H27FN2O5S2. The smallest absolute Gasteiger partial charge is 0.338 e. The minimum atomic E-state index is -4.17. The zero-order valence-corrected chi connectivity index (χ0v) is 21.9. The number of methoxy groups -OCH3 is 1. The van der Waals surface area contributed by atoms with Gasteiger partial charge in [-0.2, -0.15) is 8.42 Å². The minimum Gasteiger partial charge on any atom is -0.495 e. The Morgan fingerprint density at radius 3 is 2.30 bits per heavy atom. The van der Waals surface area contributed by atoms with Crippen LogP contribution in [0.25, 0.3) is 10.6 Å². The highest BCUT2D eigenvalue weighted by Crippen LogP contribution is 2.60. The third-order valence-electron chi connectivity index (χ3n) is 8.30. The number of nitrogens with zero attached hydrogens (tertiary/aromatic N) is 1. The average molecular weight is 543 g/mol. The molecule has 0 atom stereocenters. The second-order valence-electron chi connectivity index (χ2n) is 10.7. The molecule has 7 nitrogen and oxygen atoms in total. The number of nitrogens with one attached hydrogen (secondary N) is 1. The normalized spacial score (nSPS) is 26.3.